The zero-order valence-corrected chi connectivity index (χ0v) is 11.1. The molecule has 1 rings (SSSR count). The summed E-state index contributed by atoms with van der Waals surface area (Å²) in [4.78, 5) is 11.7. The van der Waals surface area contributed by atoms with Gasteiger partial charge in [-0.05, 0) is 19.9 Å². The second-order valence-corrected chi connectivity index (χ2v) is 6.17. The molecule has 17 heavy (non-hydrogen) atoms. The molecule has 1 aliphatic heterocycles. The fourth-order valence-electron chi connectivity index (χ4n) is 1.95. The molecule has 0 aromatic rings. The molecule has 1 aliphatic rings. The summed E-state index contributed by atoms with van der Waals surface area (Å²) in [7, 11) is -3.24. The molecule has 1 fully saturated rings. The van der Waals surface area contributed by atoms with Crippen molar-refractivity contribution >= 4 is 15.9 Å². The fraction of sp³-hybridized carbons (Fsp3) is 0.900. The highest BCUT2D eigenvalue weighted by atomic mass is 32.2. The van der Waals surface area contributed by atoms with Crippen LogP contribution in [0.2, 0.25) is 0 Å². The van der Waals surface area contributed by atoms with Gasteiger partial charge in [0.15, 0.2) is 0 Å². The van der Waals surface area contributed by atoms with Gasteiger partial charge in [0.2, 0.25) is 15.9 Å². The summed E-state index contributed by atoms with van der Waals surface area (Å²) in [6, 6.07) is 0.167. The lowest BCUT2D eigenvalue weighted by Gasteiger charge is -2.14. The molecule has 6 nitrogen and oxygen atoms in total. The average molecular weight is 263 g/mol. The number of nitrogens with one attached hydrogen (secondary N) is 3. The van der Waals surface area contributed by atoms with Crippen LogP contribution in [-0.2, 0) is 14.8 Å². The van der Waals surface area contributed by atoms with Crippen LogP contribution < -0.4 is 15.4 Å². The quantitative estimate of drug-likeness (QED) is 0.576. The van der Waals surface area contributed by atoms with Gasteiger partial charge in [0.1, 0.15) is 0 Å². The summed E-state index contributed by atoms with van der Waals surface area (Å²) < 4.78 is 25.0. The third-order valence-corrected chi connectivity index (χ3v) is 4.37. The first kappa shape index (κ1) is 14.4. The van der Waals surface area contributed by atoms with E-state index in [9.17, 15) is 13.2 Å². The van der Waals surface area contributed by atoms with Crippen molar-refractivity contribution < 1.29 is 13.2 Å². The topological polar surface area (TPSA) is 87.3 Å². The van der Waals surface area contributed by atoms with Crippen LogP contribution in [0.1, 0.15) is 20.3 Å². The van der Waals surface area contributed by atoms with Crippen molar-refractivity contribution in [1.29, 1.82) is 0 Å². The van der Waals surface area contributed by atoms with Gasteiger partial charge in [0.25, 0.3) is 0 Å². The molecular formula is C10H21N3O3S. The minimum atomic E-state index is -3.24. The third-order valence-electron chi connectivity index (χ3n) is 2.90. The van der Waals surface area contributed by atoms with Gasteiger partial charge in [0.05, 0.1) is 11.7 Å². The van der Waals surface area contributed by atoms with Crippen molar-refractivity contribution in [2.24, 2.45) is 5.92 Å². The minimum absolute atomic E-state index is 0.0446. The molecule has 3 N–H and O–H groups in total. The van der Waals surface area contributed by atoms with E-state index in [1.54, 1.807) is 6.92 Å². The lowest BCUT2D eigenvalue weighted by Crippen LogP contribution is -2.40. The molecule has 0 aliphatic carbocycles. The number of carbonyl (C=O) groups excluding carboxylic acids is 1. The fourth-order valence-corrected chi connectivity index (χ4v) is 2.90. The Hall–Kier alpha value is -0.660. The van der Waals surface area contributed by atoms with E-state index in [-0.39, 0.29) is 30.2 Å². The summed E-state index contributed by atoms with van der Waals surface area (Å²) in [5.41, 5.74) is 0. The van der Waals surface area contributed by atoms with Crippen LogP contribution in [0.3, 0.4) is 0 Å². The van der Waals surface area contributed by atoms with E-state index in [4.69, 9.17) is 0 Å². The molecular weight excluding hydrogens is 242 g/mol. The lowest BCUT2D eigenvalue weighted by atomic mass is 10.0. The molecule has 1 saturated heterocycles. The molecule has 0 aromatic heterocycles. The van der Waals surface area contributed by atoms with E-state index in [2.05, 4.69) is 15.4 Å². The monoisotopic (exact) mass is 263 g/mol. The van der Waals surface area contributed by atoms with E-state index in [0.29, 0.717) is 6.54 Å². The lowest BCUT2D eigenvalue weighted by molar-refractivity contribution is -0.124. The van der Waals surface area contributed by atoms with Crippen molar-refractivity contribution in [3.05, 3.63) is 0 Å². The highest BCUT2D eigenvalue weighted by Gasteiger charge is 2.29. The summed E-state index contributed by atoms with van der Waals surface area (Å²) in [5, 5.41) is 5.86. The summed E-state index contributed by atoms with van der Waals surface area (Å²) in [6.45, 7) is 5.07. The molecule has 100 valence electrons. The van der Waals surface area contributed by atoms with Crippen molar-refractivity contribution in [3.8, 4) is 0 Å². The predicted molar refractivity (Wildman–Crippen MR) is 66.0 cm³/mol. The molecule has 1 heterocycles. The molecule has 0 saturated carbocycles. The van der Waals surface area contributed by atoms with Crippen LogP contribution in [0, 0.1) is 5.92 Å². The molecule has 2 unspecified atom stereocenters. The molecule has 0 radical (unpaired) electrons. The number of sulfonamides is 1. The molecule has 0 aromatic carbocycles. The van der Waals surface area contributed by atoms with Crippen LogP contribution in [-0.4, -0.2) is 45.8 Å². The number of carbonyl (C=O) groups is 1. The summed E-state index contributed by atoms with van der Waals surface area (Å²) in [6.07, 6.45) is 0.812. The first-order chi connectivity index (χ1) is 7.96. The number of hydrogen-bond acceptors (Lipinski definition) is 4. The Bertz CT molecular complexity index is 356. The Labute approximate surface area is 103 Å². The first-order valence-corrected chi connectivity index (χ1v) is 7.60. The van der Waals surface area contributed by atoms with Gasteiger partial charge in [-0.15, -0.1) is 0 Å². The van der Waals surface area contributed by atoms with Crippen molar-refractivity contribution in [2.45, 2.75) is 26.3 Å². The van der Waals surface area contributed by atoms with Crippen molar-refractivity contribution in [2.75, 3.05) is 25.4 Å². The zero-order valence-electron chi connectivity index (χ0n) is 10.3. The normalized spacial score (nSPS) is 24.8. The SMILES string of the molecule is CCNS(=O)(=O)CCNC(=O)C1CCNC1C. The second kappa shape index (κ2) is 6.32. The van der Waals surface area contributed by atoms with Gasteiger partial charge in [0, 0.05) is 19.1 Å². The highest BCUT2D eigenvalue weighted by Crippen LogP contribution is 2.14. The molecule has 7 heteroatoms. The third kappa shape index (κ3) is 4.61. The van der Waals surface area contributed by atoms with Gasteiger partial charge in [-0.1, -0.05) is 6.92 Å². The van der Waals surface area contributed by atoms with Crippen molar-refractivity contribution in [1.82, 2.24) is 15.4 Å². The number of rotatable bonds is 6. The molecule has 0 spiro atoms. The number of hydrogen-bond donors (Lipinski definition) is 3. The Morgan fingerprint density at radius 3 is 2.71 bits per heavy atom. The average Bonchev–Trinajstić information content (AvgIpc) is 2.63. The van der Waals surface area contributed by atoms with Gasteiger partial charge in [-0.3, -0.25) is 4.79 Å². The van der Waals surface area contributed by atoms with E-state index in [0.717, 1.165) is 13.0 Å². The highest BCUT2D eigenvalue weighted by molar-refractivity contribution is 7.89. The molecule has 2 atom stereocenters. The van der Waals surface area contributed by atoms with E-state index < -0.39 is 10.0 Å². The maximum absolute atomic E-state index is 11.7. The Balaban J connectivity index is 2.29. The smallest absolute Gasteiger partial charge is 0.224 e. The summed E-state index contributed by atoms with van der Waals surface area (Å²) >= 11 is 0. The van der Waals surface area contributed by atoms with E-state index in [1.165, 1.54) is 0 Å². The zero-order chi connectivity index (χ0) is 12.9. The van der Waals surface area contributed by atoms with Crippen molar-refractivity contribution in [3.63, 3.8) is 0 Å². The predicted octanol–water partition coefficient (Wildman–Crippen LogP) is -0.960. The first-order valence-electron chi connectivity index (χ1n) is 5.94. The van der Waals surface area contributed by atoms with Crippen LogP contribution in [0.15, 0.2) is 0 Å². The van der Waals surface area contributed by atoms with E-state index in [1.807, 2.05) is 6.92 Å². The minimum Gasteiger partial charge on any atom is -0.355 e. The molecule has 1 amide bonds. The van der Waals surface area contributed by atoms with Crippen LogP contribution in [0.5, 0.6) is 0 Å². The van der Waals surface area contributed by atoms with Gasteiger partial charge in [-0.25, -0.2) is 13.1 Å². The largest absolute Gasteiger partial charge is 0.355 e. The van der Waals surface area contributed by atoms with E-state index >= 15 is 0 Å². The van der Waals surface area contributed by atoms with Gasteiger partial charge in [-0.2, -0.15) is 0 Å². The van der Waals surface area contributed by atoms with Gasteiger partial charge >= 0.3 is 0 Å². The second-order valence-electron chi connectivity index (χ2n) is 4.25. The summed E-state index contributed by atoms with van der Waals surface area (Å²) in [5.74, 6) is -0.174. The van der Waals surface area contributed by atoms with Crippen LogP contribution in [0.4, 0.5) is 0 Å². The van der Waals surface area contributed by atoms with Crippen LogP contribution in [0.25, 0.3) is 0 Å². The Morgan fingerprint density at radius 1 is 1.47 bits per heavy atom. The number of amides is 1. The maximum Gasteiger partial charge on any atom is 0.224 e. The van der Waals surface area contributed by atoms with Gasteiger partial charge < -0.3 is 10.6 Å². The van der Waals surface area contributed by atoms with Crippen LogP contribution >= 0.6 is 0 Å². The Morgan fingerprint density at radius 2 is 2.18 bits per heavy atom. The molecule has 0 bridgehead atoms. The standard InChI is InChI=1S/C10H21N3O3S/c1-3-13-17(15,16)7-6-12-10(14)9-4-5-11-8(9)2/h8-9,11,13H,3-7H2,1-2H3,(H,12,14). The maximum atomic E-state index is 11.7. The Kier molecular flexibility index (Phi) is 5.35.